The molecule has 0 saturated carbocycles. The summed E-state index contributed by atoms with van der Waals surface area (Å²) in [4.78, 5) is 11.7. The first-order valence-electron chi connectivity index (χ1n) is 10.6. The van der Waals surface area contributed by atoms with Crippen LogP contribution in [-0.4, -0.2) is 37.7 Å². The van der Waals surface area contributed by atoms with Crippen LogP contribution in [0.25, 0.3) is 0 Å². The molecule has 5 nitrogen and oxygen atoms in total. The van der Waals surface area contributed by atoms with Gasteiger partial charge in [0.05, 0.1) is 39.0 Å². The van der Waals surface area contributed by atoms with E-state index in [1.165, 1.54) is 12.7 Å². The summed E-state index contributed by atoms with van der Waals surface area (Å²) in [5.41, 5.74) is 1.19. The van der Waals surface area contributed by atoms with Crippen LogP contribution in [0.5, 0.6) is 0 Å². The lowest BCUT2D eigenvalue weighted by Crippen LogP contribution is -2.52. The van der Waals surface area contributed by atoms with Gasteiger partial charge in [0.15, 0.2) is 5.79 Å². The largest absolute Gasteiger partial charge is 0.469 e. The smallest absolute Gasteiger partial charge is 0.308 e. The highest BCUT2D eigenvalue weighted by atomic mass is 16.7. The Balaban J connectivity index is 1.54. The second-order valence-electron chi connectivity index (χ2n) is 8.40. The zero-order chi connectivity index (χ0) is 20.0. The van der Waals surface area contributed by atoms with E-state index in [0.717, 1.165) is 32.1 Å². The monoisotopic (exact) mass is 390 g/mol. The molecule has 2 fully saturated rings. The van der Waals surface area contributed by atoms with E-state index in [2.05, 4.69) is 26.0 Å². The van der Waals surface area contributed by atoms with Crippen molar-refractivity contribution in [2.24, 2.45) is 11.8 Å². The third kappa shape index (κ3) is 5.56. The van der Waals surface area contributed by atoms with E-state index >= 15 is 0 Å². The second-order valence-corrected chi connectivity index (χ2v) is 8.40. The Morgan fingerprint density at radius 2 is 2.00 bits per heavy atom. The van der Waals surface area contributed by atoms with Crippen LogP contribution < -0.4 is 0 Å². The standard InChI is InChI=1S/C23H34O5/c1-17-11-13-23(12-7-10-20(27-23)14-21(24)25-3)28-22(17)18(2)15-26-16-19-8-5-4-6-9-19/h4-6,8-9,17-18,20,22H,7,10-16H2,1-3H3/t17-,18-,20+,22+,23+/m1/s1. The third-order valence-corrected chi connectivity index (χ3v) is 6.03. The molecule has 5 heteroatoms. The number of hydrogen-bond acceptors (Lipinski definition) is 5. The predicted octanol–water partition coefficient (Wildman–Crippen LogP) is 4.48. The van der Waals surface area contributed by atoms with Gasteiger partial charge in [-0.05, 0) is 30.7 Å². The summed E-state index contributed by atoms with van der Waals surface area (Å²) < 4.78 is 23.7. The molecule has 1 aromatic carbocycles. The topological polar surface area (TPSA) is 54.0 Å². The SMILES string of the molecule is COC(=O)C[C@@H]1CCC[C@]2(CC[C@@H](C)[C@@H]([C@H](C)COCc3ccccc3)O2)O1. The molecule has 0 N–H and O–H groups in total. The molecule has 3 rings (SSSR count). The van der Waals surface area contributed by atoms with Gasteiger partial charge < -0.3 is 18.9 Å². The molecule has 2 heterocycles. The van der Waals surface area contributed by atoms with E-state index < -0.39 is 5.79 Å². The molecule has 1 aromatic rings. The van der Waals surface area contributed by atoms with Crippen molar-refractivity contribution in [2.75, 3.05) is 13.7 Å². The fraction of sp³-hybridized carbons (Fsp3) is 0.696. The summed E-state index contributed by atoms with van der Waals surface area (Å²) in [5, 5.41) is 0. The summed E-state index contributed by atoms with van der Waals surface area (Å²) in [5.74, 6) is -0.0293. The van der Waals surface area contributed by atoms with E-state index in [9.17, 15) is 4.79 Å². The van der Waals surface area contributed by atoms with E-state index in [-0.39, 0.29) is 24.1 Å². The molecule has 156 valence electrons. The van der Waals surface area contributed by atoms with Crippen molar-refractivity contribution >= 4 is 5.97 Å². The molecule has 1 spiro atoms. The van der Waals surface area contributed by atoms with Crippen LogP contribution in [0.2, 0.25) is 0 Å². The summed E-state index contributed by atoms with van der Waals surface area (Å²) in [6.45, 7) is 5.72. The second kappa shape index (κ2) is 9.86. The zero-order valence-corrected chi connectivity index (χ0v) is 17.4. The van der Waals surface area contributed by atoms with Crippen LogP contribution in [-0.2, 0) is 30.3 Å². The normalized spacial score (nSPS) is 31.5. The van der Waals surface area contributed by atoms with E-state index in [1.807, 2.05) is 18.2 Å². The molecule has 0 bridgehead atoms. The van der Waals surface area contributed by atoms with Crippen molar-refractivity contribution in [3.8, 4) is 0 Å². The molecule has 28 heavy (non-hydrogen) atoms. The molecule has 2 aliphatic rings. The molecule has 2 aliphatic heterocycles. The Labute approximate surface area is 168 Å². The van der Waals surface area contributed by atoms with Gasteiger partial charge >= 0.3 is 5.97 Å². The van der Waals surface area contributed by atoms with Crippen molar-refractivity contribution in [2.45, 2.75) is 77.0 Å². The van der Waals surface area contributed by atoms with Gasteiger partial charge in [-0.25, -0.2) is 0 Å². The average Bonchev–Trinajstić information content (AvgIpc) is 2.71. The van der Waals surface area contributed by atoms with E-state index in [1.54, 1.807) is 0 Å². The van der Waals surface area contributed by atoms with Crippen LogP contribution in [0.15, 0.2) is 30.3 Å². The van der Waals surface area contributed by atoms with Gasteiger partial charge in [0.1, 0.15) is 0 Å². The van der Waals surface area contributed by atoms with Crippen molar-refractivity contribution in [1.29, 1.82) is 0 Å². The number of rotatable bonds is 7. The Morgan fingerprint density at radius 3 is 2.75 bits per heavy atom. The number of esters is 1. The van der Waals surface area contributed by atoms with Crippen molar-refractivity contribution in [3.63, 3.8) is 0 Å². The van der Waals surface area contributed by atoms with Crippen molar-refractivity contribution in [1.82, 2.24) is 0 Å². The molecule has 0 aromatic heterocycles. The number of carbonyl (C=O) groups is 1. The molecule has 0 aliphatic carbocycles. The highest BCUT2D eigenvalue weighted by Crippen LogP contribution is 2.43. The lowest BCUT2D eigenvalue weighted by atomic mass is 9.83. The Hall–Kier alpha value is -1.43. The first-order valence-corrected chi connectivity index (χ1v) is 10.6. The number of carbonyl (C=O) groups excluding carboxylic acids is 1. The van der Waals surface area contributed by atoms with Crippen LogP contribution in [0, 0.1) is 11.8 Å². The van der Waals surface area contributed by atoms with Gasteiger partial charge in [0.25, 0.3) is 0 Å². The maximum Gasteiger partial charge on any atom is 0.308 e. The van der Waals surface area contributed by atoms with Gasteiger partial charge in [0.2, 0.25) is 0 Å². The Kier molecular flexibility index (Phi) is 7.49. The lowest BCUT2D eigenvalue weighted by molar-refractivity contribution is -0.330. The first kappa shape index (κ1) is 21.3. The highest BCUT2D eigenvalue weighted by Gasteiger charge is 2.46. The molecule has 2 saturated heterocycles. The molecular weight excluding hydrogens is 356 g/mol. The molecule has 0 amide bonds. The summed E-state index contributed by atoms with van der Waals surface area (Å²) in [6, 6.07) is 10.2. The van der Waals surface area contributed by atoms with E-state index in [4.69, 9.17) is 18.9 Å². The quantitative estimate of drug-likeness (QED) is 0.643. The maximum absolute atomic E-state index is 11.7. The highest BCUT2D eigenvalue weighted by molar-refractivity contribution is 5.69. The van der Waals surface area contributed by atoms with Gasteiger partial charge in [-0.2, -0.15) is 0 Å². The first-order chi connectivity index (χ1) is 13.5. The minimum atomic E-state index is -0.554. The van der Waals surface area contributed by atoms with Gasteiger partial charge in [0, 0.05) is 18.8 Å². The number of ether oxygens (including phenoxy) is 4. The Bertz CT molecular complexity index is 619. The van der Waals surface area contributed by atoms with Crippen molar-refractivity contribution in [3.05, 3.63) is 35.9 Å². The summed E-state index contributed by atoms with van der Waals surface area (Å²) in [7, 11) is 1.42. The molecule has 5 atom stereocenters. The Morgan fingerprint density at radius 1 is 1.21 bits per heavy atom. The molecular formula is C23H34O5. The molecule has 0 radical (unpaired) electrons. The minimum absolute atomic E-state index is 0.0985. The minimum Gasteiger partial charge on any atom is -0.469 e. The zero-order valence-electron chi connectivity index (χ0n) is 17.4. The van der Waals surface area contributed by atoms with Crippen LogP contribution in [0.4, 0.5) is 0 Å². The van der Waals surface area contributed by atoms with E-state index in [0.29, 0.717) is 25.6 Å². The number of benzene rings is 1. The van der Waals surface area contributed by atoms with Gasteiger partial charge in [-0.1, -0.05) is 44.2 Å². The maximum atomic E-state index is 11.7. The molecule has 0 unspecified atom stereocenters. The van der Waals surface area contributed by atoms with Crippen LogP contribution >= 0.6 is 0 Å². The summed E-state index contributed by atoms with van der Waals surface area (Å²) in [6.07, 6.45) is 5.04. The lowest BCUT2D eigenvalue weighted by Gasteiger charge is -2.49. The average molecular weight is 391 g/mol. The fourth-order valence-electron chi connectivity index (χ4n) is 4.45. The number of hydrogen-bond donors (Lipinski definition) is 0. The predicted molar refractivity (Wildman–Crippen MR) is 107 cm³/mol. The van der Waals surface area contributed by atoms with Crippen LogP contribution in [0.1, 0.15) is 57.9 Å². The number of methoxy groups -OCH3 is 1. The fourth-order valence-corrected chi connectivity index (χ4v) is 4.45. The van der Waals surface area contributed by atoms with Gasteiger partial charge in [-0.15, -0.1) is 0 Å². The third-order valence-electron chi connectivity index (χ3n) is 6.03. The summed E-state index contributed by atoms with van der Waals surface area (Å²) >= 11 is 0. The van der Waals surface area contributed by atoms with Gasteiger partial charge in [-0.3, -0.25) is 4.79 Å². The van der Waals surface area contributed by atoms with Crippen LogP contribution in [0.3, 0.4) is 0 Å². The van der Waals surface area contributed by atoms with Crippen molar-refractivity contribution < 1.29 is 23.7 Å².